The second-order valence-electron chi connectivity index (χ2n) is 5.63. The highest BCUT2D eigenvalue weighted by molar-refractivity contribution is 9.10. The van der Waals surface area contributed by atoms with E-state index >= 15 is 0 Å². The number of hydrogen-bond donors (Lipinski definition) is 0. The van der Waals surface area contributed by atoms with Crippen molar-refractivity contribution in [1.82, 2.24) is 9.97 Å². The molecular formula is C15H18BrN3. The molecule has 0 unspecified atom stereocenters. The first-order chi connectivity index (χ1) is 9.15. The lowest BCUT2D eigenvalue weighted by Crippen LogP contribution is -2.30. The highest BCUT2D eigenvalue weighted by Crippen LogP contribution is 2.35. The molecule has 3 nitrogen and oxygen atoms in total. The summed E-state index contributed by atoms with van der Waals surface area (Å²) in [6.45, 7) is 5.62. The summed E-state index contributed by atoms with van der Waals surface area (Å²) in [6.07, 6.45) is 6.34. The molecule has 0 radical (unpaired) electrons. The van der Waals surface area contributed by atoms with E-state index < -0.39 is 0 Å². The van der Waals surface area contributed by atoms with Crippen LogP contribution in [-0.2, 0) is 0 Å². The SMILES string of the molecule is CC(C)CN(c1ccnc2cc(Br)cnc12)C1CC1. The fourth-order valence-corrected chi connectivity index (χ4v) is 2.77. The summed E-state index contributed by atoms with van der Waals surface area (Å²) in [5.74, 6) is 0.652. The third-order valence-corrected chi connectivity index (χ3v) is 3.82. The van der Waals surface area contributed by atoms with Gasteiger partial charge in [0, 0.05) is 29.5 Å². The van der Waals surface area contributed by atoms with Crippen molar-refractivity contribution in [2.24, 2.45) is 5.92 Å². The number of anilines is 1. The smallest absolute Gasteiger partial charge is 0.112 e. The fourth-order valence-electron chi connectivity index (χ4n) is 2.45. The third kappa shape index (κ3) is 2.73. The highest BCUT2D eigenvalue weighted by atomic mass is 79.9. The summed E-state index contributed by atoms with van der Waals surface area (Å²) in [5.41, 5.74) is 3.20. The molecule has 0 aliphatic heterocycles. The second kappa shape index (κ2) is 5.08. The van der Waals surface area contributed by atoms with Gasteiger partial charge in [-0.2, -0.15) is 0 Å². The number of pyridine rings is 2. The van der Waals surface area contributed by atoms with Gasteiger partial charge in [-0.05, 0) is 46.8 Å². The average Bonchev–Trinajstić information content (AvgIpc) is 3.19. The molecule has 3 rings (SSSR count). The van der Waals surface area contributed by atoms with Gasteiger partial charge >= 0.3 is 0 Å². The van der Waals surface area contributed by atoms with E-state index in [2.05, 4.69) is 50.7 Å². The number of nitrogens with zero attached hydrogens (tertiary/aromatic N) is 3. The molecule has 0 spiro atoms. The second-order valence-corrected chi connectivity index (χ2v) is 6.54. The van der Waals surface area contributed by atoms with Crippen LogP contribution in [0.25, 0.3) is 11.0 Å². The van der Waals surface area contributed by atoms with Crippen LogP contribution in [0.15, 0.2) is 29.0 Å². The first-order valence-corrected chi connectivity index (χ1v) is 7.61. The van der Waals surface area contributed by atoms with Crippen LogP contribution in [0.1, 0.15) is 26.7 Å². The molecule has 0 aromatic carbocycles. The molecule has 2 aromatic heterocycles. The van der Waals surface area contributed by atoms with Gasteiger partial charge in [-0.25, -0.2) is 0 Å². The summed E-state index contributed by atoms with van der Waals surface area (Å²) in [7, 11) is 0. The first-order valence-electron chi connectivity index (χ1n) is 6.82. The van der Waals surface area contributed by atoms with Crippen molar-refractivity contribution < 1.29 is 0 Å². The molecule has 19 heavy (non-hydrogen) atoms. The lowest BCUT2D eigenvalue weighted by atomic mass is 10.1. The maximum absolute atomic E-state index is 4.57. The van der Waals surface area contributed by atoms with Crippen molar-refractivity contribution in [3.63, 3.8) is 0 Å². The van der Waals surface area contributed by atoms with Crippen LogP contribution in [0.5, 0.6) is 0 Å². The van der Waals surface area contributed by atoms with E-state index in [1.165, 1.54) is 18.5 Å². The zero-order chi connectivity index (χ0) is 13.4. The molecule has 0 amide bonds. The summed E-state index contributed by atoms with van der Waals surface area (Å²) >= 11 is 3.46. The Kier molecular flexibility index (Phi) is 3.44. The summed E-state index contributed by atoms with van der Waals surface area (Å²) in [6, 6.07) is 4.83. The quantitative estimate of drug-likeness (QED) is 0.852. The predicted molar refractivity (Wildman–Crippen MR) is 82.4 cm³/mol. The van der Waals surface area contributed by atoms with Crippen LogP contribution >= 0.6 is 15.9 Å². The molecule has 0 N–H and O–H groups in total. The van der Waals surface area contributed by atoms with Gasteiger partial charge in [0.15, 0.2) is 0 Å². The third-order valence-electron chi connectivity index (χ3n) is 3.38. The number of hydrogen-bond acceptors (Lipinski definition) is 3. The number of fused-ring (bicyclic) bond motifs is 1. The zero-order valence-corrected chi connectivity index (χ0v) is 12.9. The van der Waals surface area contributed by atoms with Crippen molar-refractivity contribution in [2.45, 2.75) is 32.7 Å². The predicted octanol–water partition coefficient (Wildman–Crippen LogP) is 4.02. The average molecular weight is 320 g/mol. The first kappa shape index (κ1) is 12.9. The zero-order valence-electron chi connectivity index (χ0n) is 11.3. The Morgan fingerprint density at radius 3 is 2.84 bits per heavy atom. The van der Waals surface area contributed by atoms with Gasteiger partial charge in [0.1, 0.15) is 5.52 Å². The molecule has 0 bridgehead atoms. The topological polar surface area (TPSA) is 29.0 Å². The van der Waals surface area contributed by atoms with E-state index in [1.54, 1.807) is 0 Å². The highest BCUT2D eigenvalue weighted by Gasteiger charge is 2.30. The van der Waals surface area contributed by atoms with Crippen LogP contribution in [0, 0.1) is 5.92 Å². The van der Waals surface area contributed by atoms with E-state index in [4.69, 9.17) is 0 Å². The molecule has 1 saturated carbocycles. The van der Waals surface area contributed by atoms with E-state index in [1.807, 2.05) is 18.5 Å². The molecule has 100 valence electrons. The van der Waals surface area contributed by atoms with Crippen LogP contribution < -0.4 is 4.90 Å². The minimum Gasteiger partial charge on any atom is -0.366 e. The Morgan fingerprint density at radius 2 is 2.16 bits per heavy atom. The largest absolute Gasteiger partial charge is 0.366 e. The van der Waals surface area contributed by atoms with Gasteiger partial charge in [-0.15, -0.1) is 0 Å². The monoisotopic (exact) mass is 319 g/mol. The van der Waals surface area contributed by atoms with Crippen LogP contribution in [-0.4, -0.2) is 22.6 Å². The molecule has 0 atom stereocenters. The van der Waals surface area contributed by atoms with Gasteiger partial charge in [0.25, 0.3) is 0 Å². The Labute approximate surface area is 122 Å². The van der Waals surface area contributed by atoms with Crippen molar-refractivity contribution in [2.75, 3.05) is 11.4 Å². The summed E-state index contributed by atoms with van der Waals surface area (Å²) in [4.78, 5) is 11.5. The van der Waals surface area contributed by atoms with E-state index in [-0.39, 0.29) is 0 Å². The van der Waals surface area contributed by atoms with Crippen LogP contribution in [0.4, 0.5) is 5.69 Å². The molecule has 1 fully saturated rings. The van der Waals surface area contributed by atoms with Crippen LogP contribution in [0.3, 0.4) is 0 Å². The van der Waals surface area contributed by atoms with Crippen molar-refractivity contribution >= 4 is 32.7 Å². The maximum atomic E-state index is 4.57. The minimum atomic E-state index is 0.652. The molecule has 1 aliphatic rings. The maximum Gasteiger partial charge on any atom is 0.112 e. The Bertz CT molecular complexity index is 593. The van der Waals surface area contributed by atoms with Crippen molar-refractivity contribution in [3.05, 3.63) is 29.0 Å². The van der Waals surface area contributed by atoms with Gasteiger partial charge < -0.3 is 4.90 Å². The fraction of sp³-hybridized carbons (Fsp3) is 0.467. The minimum absolute atomic E-state index is 0.652. The van der Waals surface area contributed by atoms with Gasteiger partial charge in [-0.1, -0.05) is 13.8 Å². The van der Waals surface area contributed by atoms with E-state index in [0.29, 0.717) is 12.0 Å². The van der Waals surface area contributed by atoms with Crippen molar-refractivity contribution in [3.8, 4) is 0 Å². The Morgan fingerprint density at radius 1 is 1.37 bits per heavy atom. The molecule has 2 heterocycles. The van der Waals surface area contributed by atoms with Gasteiger partial charge in [0.2, 0.25) is 0 Å². The molecule has 1 aliphatic carbocycles. The number of aromatic nitrogens is 2. The molecule has 0 saturated heterocycles. The lowest BCUT2D eigenvalue weighted by Gasteiger charge is -2.27. The van der Waals surface area contributed by atoms with Crippen LogP contribution in [0.2, 0.25) is 0 Å². The van der Waals surface area contributed by atoms with Gasteiger partial charge in [-0.3, -0.25) is 9.97 Å². The normalized spacial score (nSPS) is 15.2. The van der Waals surface area contributed by atoms with E-state index in [0.717, 1.165) is 22.1 Å². The molecule has 2 aromatic rings. The number of rotatable bonds is 4. The summed E-state index contributed by atoms with van der Waals surface area (Å²) in [5, 5.41) is 0. The van der Waals surface area contributed by atoms with Gasteiger partial charge in [0.05, 0.1) is 11.2 Å². The standard InChI is InChI=1S/C15H18BrN3/c1-10(2)9-19(12-3-4-12)14-5-6-17-13-7-11(16)8-18-15(13)14/h5-8,10,12H,3-4,9H2,1-2H3. The Hall–Kier alpha value is -1.16. The molecule has 4 heteroatoms. The lowest BCUT2D eigenvalue weighted by molar-refractivity contribution is 0.608. The number of halogens is 1. The Balaban J connectivity index is 2.07. The van der Waals surface area contributed by atoms with Crippen molar-refractivity contribution in [1.29, 1.82) is 0 Å². The summed E-state index contributed by atoms with van der Waals surface area (Å²) < 4.78 is 0.978. The molecular weight excluding hydrogens is 302 g/mol. The van der Waals surface area contributed by atoms with E-state index in [9.17, 15) is 0 Å².